The maximum absolute atomic E-state index is 12.5. The topological polar surface area (TPSA) is 65.4 Å². The van der Waals surface area contributed by atoms with Crippen LogP contribution in [0.5, 0.6) is 11.5 Å². The third-order valence-corrected chi connectivity index (χ3v) is 5.31. The van der Waals surface area contributed by atoms with Crippen molar-refractivity contribution in [2.75, 3.05) is 19.0 Å². The molecule has 2 heterocycles. The SMILES string of the molecule is C#CCOc1ccc(C2CC(=O)Nc3c2cnn3-c2ccc(CC)cc2)cc1OC. The van der Waals surface area contributed by atoms with Crippen LogP contribution in [0.2, 0.25) is 0 Å². The quantitative estimate of drug-likeness (QED) is 0.636. The molecule has 0 bridgehead atoms. The zero-order chi connectivity index (χ0) is 21.1. The van der Waals surface area contributed by atoms with Crippen LogP contribution >= 0.6 is 0 Å². The Balaban J connectivity index is 1.72. The van der Waals surface area contributed by atoms with Crippen LogP contribution in [0.1, 0.15) is 36.0 Å². The smallest absolute Gasteiger partial charge is 0.226 e. The highest BCUT2D eigenvalue weighted by Crippen LogP contribution is 2.40. The lowest BCUT2D eigenvalue weighted by Crippen LogP contribution is -2.24. The molecule has 6 nitrogen and oxygen atoms in total. The van der Waals surface area contributed by atoms with Gasteiger partial charge in [0, 0.05) is 17.9 Å². The zero-order valence-electron chi connectivity index (χ0n) is 17.0. The second-order valence-corrected chi connectivity index (χ2v) is 7.09. The van der Waals surface area contributed by atoms with Crippen molar-refractivity contribution in [1.82, 2.24) is 9.78 Å². The van der Waals surface area contributed by atoms with Gasteiger partial charge in [0.2, 0.25) is 5.91 Å². The summed E-state index contributed by atoms with van der Waals surface area (Å²) in [6.07, 6.45) is 8.41. The number of rotatable bonds is 6. The van der Waals surface area contributed by atoms with Gasteiger partial charge in [-0.25, -0.2) is 4.68 Å². The molecule has 1 atom stereocenters. The number of ether oxygens (including phenoxy) is 2. The number of fused-ring (bicyclic) bond motifs is 1. The number of terminal acetylenes is 1. The van der Waals surface area contributed by atoms with Crippen LogP contribution in [0.25, 0.3) is 5.69 Å². The molecule has 6 heteroatoms. The van der Waals surface area contributed by atoms with Crippen molar-refractivity contribution in [2.24, 2.45) is 0 Å². The largest absolute Gasteiger partial charge is 0.493 e. The van der Waals surface area contributed by atoms with Gasteiger partial charge in [0.15, 0.2) is 11.5 Å². The van der Waals surface area contributed by atoms with Crippen molar-refractivity contribution in [3.05, 3.63) is 65.4 Å². The van der Waals surface area contributed by atoms with Crippen LogP contribution in [0.15, 0.2) is 48.7 Å². The summed E-state index contributed by atoms with van der Waals surface area (Å²) in [6.45, 7) is 2.28. The number of amides is 1. The summed E-state index contributed by atoms with van der Waals surface area (Å²) in [7, 11) is 1.58. The van der Waals surface area contributed by atoms with Gasteiger partial charge in [0.1, 0.15) is 12.4 Å². The molecule has 1 aromatic heterocycles. The van der Waals surface area contributed by atoms with Crippen LogP contribution in [-0.4, -0.2) is 29.4 Å². The van der Waals surface area contributed by atoms with Crippen molar-refractivity contribution < 1.29 is 14.3 Å². The van der Waals surface area contributed by atoms with Gasteiger partial charge >= 0.3 is 0 Å². The molecule has 0 spiro atoms. The summed E-state index contributed by atoms with van der Waals surface area (Å²) in [6, 6.07) is 13.8. The Kier molecular flexibility index (Phi) is 5.44. The van der Waals surface area contributed by atoms with E-state index in [9.17, 15) is 4.79 Å². The molecular formula is C24H23N3O3. The summed E-state index contributed by atoms with van der Waals surface area (Å²) < 4.78 is 12.8. The van der Waals surface area contributed by atoms with Crippen molar-refractivity contribution in [3.63, 3.8) is 0 Å². The minimum absolute atomic E-state index is 0.0500. The third kappa shape index (κ3) is 3.62. The maximum Gasteiger partial charge on any atom is 0.226 e. The number of anilines is 1. The lowest BCUT2D eigenvalue weighted by molar-refractivity contribution is -0.116. The molecule has 1 aliphatic rings. The van der Waals surface area contributed by atoms with E-state index in [1.807, 2.05) is 36.5 Å². The number of carbonyl (C=O) groups is 1. The van der Waals surface area contributed by atoms with E-state index in [2.05, 4.69) is 35.4 Å². The number of nitrogens with zero attached hydrogens (tertiary/aromatic N) is 2. The fourth-order valence-electron chi connectivity index (χ4n) is 3.73. The second-order valence-electron chi connectivity index (χ2n) is 7.09. The summed E-state index contributed by atoms with van der Waals surface area (Å²) >= 11 is 0. The van der Waals surface area contributed by atoms with E-state index < -0.39 is 0 Å². The molecular weight excluding hydrogens is 378 g/mol. The van der Waals surface area contributed by atoms with E-state index in [4.69, 9.17) is 15.9 Å². The molecule has 0 aliphatic carbocycles. The Labute approximate surface area is 175 Å². The highest BCUT2D eigenvalue weighted by molar-refractivity contribution is 5.94. The van der Waals surface area contributed by atoms with Crippen LogP contribution in [-0.2, 0) is 11.2 Å². The number of hydrogen-bond acceptors (Lipinski definition) is 4. The van der Waals surface area contributed by atoms with Gasteiger partial charge in [-0.05, 0) is 41.8 Å². The molecule has 4 rings (SSSR count). The monoisotopic (exact) mass is 401 g/mol. The molecule has 0 fully saturated rings. The Morgan fingerprint density at radius 3 is 2.73 bits per heavy atom. The van der Waals surface area contributed by atoms with Crippen molar-refractivity contribution in [2.45, 2.75) is 25.7 Å². The Bertz CT molecular complexity index is 1110. The van der Waals surface area contributed by atoms with E-state index >= 15 is 0 Å². The molecule has 152 valence electrons. The van der Waals surface area contributed by atoms with Crippen molar-refractivity contribution >= 4 is 11.7 Å². The molecule has 1 unspecified atom stereocenters. The van der Waals surface area contributed by atoms with Gasteiger partial charge in [-0.1, -0.05) is 31.0 Å². The molecule has 0 saturated heterocycles. The Hall–Kier alpha value is -3.72. The molecule has 1 aliphatic heterocycles. The predicted octanol–water partition coefficient (Wildman–Crippen LogP) is 3.93. The molecule has 1 N–H and O–H groups in total. The van der Waals surface area contributed by atoms with Crippen LogP contribution < -0.4 is 14.8 Å². The standard InChI is InChI=1S/C24H23N3O3/c1-4-12-30-21-11-8-17(13-22(21)29-3)19-14-23(28)26-24-20(19)15-25-27(24)18-9-6-16(5-2)7-10-18/h1,6-11,13,15,19H,5,12,14H2,2-3H3,(H,26,28). The van der Waals surface area contributed by atoms with E-state index in [0.29, 0.717) is 23.7 Å². The molecule has 1 amide bonds. The molecule has 3 aromatic rings. The number of aryl methyl sites for hydroxylation is 1. The normalized spacial score (nSPS) is 15.1. The molecule has 2 aromatic carbocycles. The zero-order valence-corrected chi connectivity index (χ0v) is 17.0. The fourth-order valence-corrected chi connectivity index (χ4v) is 3.73. The first-order chi connectivity index (χ1) is 14.6. The minimum atomic E-state index is -0.131. The van der Waals surface area contributed by atoms with Crippen LogP contribution in [0.3, 0.4) is 0 Å². The Morgan fingerprint density at radius 1 is 1.23 bits per heavy atom. The van der Waals surface area contributed by atoms with Gasteiger partial charge in [-0.2, -0.15) is 5.10 Å². The van der Waals surface area contributed by atoms with E-state index in [-0.39, 0.29) is 18.4 Å². The highest BCUT2D eigenvalue weighted by Gasteiger charge is 2.31. The van der Waals surface area contributed by atoms with E-state index in [1.165, 1.54) is 5.56 Å². The number of methoxy groups -OCH3 is 1. The summed E-state index contributed by atoms with van der Waals surface area (Å²) in [4.78, 5) is 12.5. The van der Waals surface area contributed by atoms with Gasteiger partial charge in [-0.3, -0.25) is 4.79 Å². The average molecular weight is 401 g/mol. The second kappa shape index (κ2) is 8.34. The lowest BCUT2D eigenvalue weighted by atomic mass is 9.87. The third-order valence-electron chi connectivity index (χ3n) is 5.31. The van der Waals surface area contributed by atoms with Gasteiger partial charge in [0.25, 0.3) is 0 Å². The van der Waals surface area contributed by atoms with Crippen molar-refractivity contribution in [3.8, 4) is 29.5 Å². The first-order valence-electron chi connectivity index (χ1n) is 9.85. The molecule has 30 heavy (non-hydrogen) atoms. The lowest BCUT2D eigenvalue weighted by Gasteiger charge is -2.24. The van der Waals surface area contributed by atoms with Crippen LogP contribution in [0.4, 0.5) is 5.82 Å². The average Bonchev–Trinajstić information content (AvgIpc) is 3.20. The first-order valence-corrected chi connectivity index (χ1v) is 9.85. The number of hydrogen-bond donors (Lipinski definition) is 1. The Morgan fingerprint density at radius 2 is 2.03 bits per heavy atom. The number of benzene rings is 2. The number of nitrogens with one attached hydrogen (secondary N) is 1. The van der Waals surface area contributed by atoms with Crippen molar-refractivity contribution in [1.29, 1.82) is 0 Å². The fraction of sp³-hybridized carbons (Fsp3) is 0.250. The number of aromatic nitrogens is 2. The summed E-state index contributed by atoms with van der Waals surface area (Å²) in [5.41, 5.74) is 4.08. The maximum atomic E-state index is 12.5. The van der Waals surface area contributed by atoms with Gasteiger partial charge in [-0.15, -0.1) is 6.42 Å². The van der Waals surface area contributed by atoms with Gasteiger partial charge in [0.05, 0.1) is 19.0 Å². The molecule has 0 radical (unpaired) electrons. The summed E-state index contributed by atoms with van der Waals surface area (Å²) in [5, 5.41) is 7.54. The highest BCUT2D eigenvalue weighted by atomic mass is 16.5. The van der Waals surface area contributed by atoms with E-state index in [0.717, 1.165) is 23.2 Å². The number of carbonyl (C=O) groups excluding carboxylic acids is 1. The van der Waals surface area contributed by atoms with Gasteiger partial charge < -0.3 is 14.8 Å². The van der Waals surface area contributed by atoms with Crippen LogP contribution in [0, 0.1) is 12.3 Å². The molecule has 0 saturated carbocycles. The predicted molar refractivity (Wildman–Crippen MR) is 115 cm³/mol. The van der Waals surface area contributed by atoms with E-state index in [1.54, 1.807) is 11.8 Å². The summed E-state index contributed by atoms with van der Waals surface area (Å²) in [5.74, 6) is 4.12. The minimum Gasteiger partial charge on any atom is -0.493 e. The first kappa shape index (κ1) is 19.6.